The van der Waals surface area contributed by atoms with E-state index in [1.807, 2.05) is 20.8 Å². The van der Waals surface area contributed by atoms with Gasteiger partial charge >= 0.3 is 0 Å². The van der Waals surface area contributed by atoms with Crippen LogP contribution in [0.5, 0.6) is 0 Å². The molecule has 0 saturated heterocycles. The second-order valence-electron chi connectivity index (χ2n) is 4.80. The molecule has 82 valence electrons. The molecule has 0 heterocycles. The minimum atomic E-state index is -0.278. The number of benzene rings is 1. The predicted molar refractivity (Wildman–Crippen MR) is 59.2 cm³/mol. The first-order valence-electron chi connectivity index (χ1n) is 5.17. The fourth-order valence-corrected chi connectivity index (χ4v) is 1.28. The molecule has 0 N–H and O–H groups in total. The van der Waals surface area contributed by atoms with Crippen LogP contribution in [-0.2, 0) is 11.2 Å². The van der Waals surface area contributed by atoms with Crippen LogP contribution in [0.2, 0.25) is 0 Å². The van der Waals surface area contributed by atoms with Crippen molar-refractivity contribution in [2.45, 2.75) is 33.6 Å². The molecule has 0 spiro atoms. The molecular formula is C13H17FO. The van der Waals surface area contributed by atoms with Crippen molar-refractivity contribution in [3.63, 3.8) is 0 Å². The molecular weight excluding hydrogens is 191 g/mol. The number of Topliss-reactive ketones (excluding diaryl/α,β-unsaturated/α-hetero) is 1. The molecule has 0 bridgehead atoms. The SMILES string of the molecule is CC(C)(C)C(=O)CCc1ccc(F)cc1. The molecule has 0 aliphatic heterocycles. The fourth-order valence-electron chi connectivity index (χ4n) is 1.28. The molecule has 0 aromatic heterocycles. The molecule has 2 heteroatoms. The summed E-state index contributed by atoms with van der Waals surface area (Å²) in [6, 6.07) is 6.31. The van der Waals surface area contributed by atoms with E-state index in [0.29, 0.717) is 12.8 Å². The number of hydrogen-bond acceptors (Lipinski definition) is 1. The monoisotopic (exact) mass is 208 g/mol. The van der Waals surface area contributed by atoms with Crippen LogP contribution in [0.25, 0.3) is 0 Å². The molecule has 0 aliphatic carbocycles. The fraction of sp³-hybridized carbons (Fsp3) is 0.462. The topological polar surface area (TPSA) is 17.1 Å². The number of carbonyl (C=O) groups is 1. The third-order valence-electron chi connectivity index (χ3n) is 2.39. The molecule has 15 heavy (non-hydrogen) atoms. The van der Waals surface area contributed by atoms with E-state index in [1.165, 1.54) is 12.1 Å². The molecule has 1 aromatic carbocycles. The Morgan fingerprint density at radius 3 is 2.20 bits per heavy atom. The standard InChI is InChI=1S/C13H17FO/c1-13(2,3)12(15)9-6-10-4-7-11(14)8-5-10/h4-5,7-8H,6,9H2,1-3H3. The van der Waals surface area contributed by atoms with Crippen molar-refractivity contribution in [1.29, 1.82) is 0 Å². The average molecular weight is 208 g/mol. The van der Waals surface area contributed by atoms with Gasteiger partial charge in [-0.2, -0.15) is 0 Å². The molecule has 1 nitrogen and oxygen atoms in total. The lowest BCUT2D eigenvalue weighted by Gasteiger charge is -2.16. The first-order chi connectivity index (χ1) is 6.89. The van der Waals surface area contributed by atoms with Gasteiger partial charge < -0.3 is 0 Å². The van der Waals surface area contributed by atoms with E-state index in [2.05, 4.69) is 0 Å². The second-order valence-corrected chi connectivity index (χ2v) is 4.80. The van der Waals surface area contributed by atoms with Gasteiger partial charge in [-0.3, -0.25) is 4.79 Å². The highest BCUT2D eigenvalue weighted by Gasteiger charge is 2.20. The Morgan fingerprint density at radius 1 is 1.20 bits per heavy atom. The summed E-state index contributed by atoms with van der Waals surface area (Å²) in [6.07, 6.45) is 1.21. The zero-order valence-corrected chi connectivity index (χ0v) is 9.51. The van der Waals surface area contributed by atoms with Gasteiger partial charge in [-0.15, -0.1) is 0 Å². The predicted octanol–water partition coefficient (Wildman–Crippen LogP) is 3.37. The van der Waals surface area contributed by atoms with Crippen molar-refractivity contribution in [1.82, 2.24) is 0 Å². The first-order valence-corrected chi connectivity index (χ1v) is 5.17. The van der Waals surface area contributed by atoms with Crippen molar-refractivity contribution in [2.75, 3.05) is 0 Å². The highest BCUT2D eigenvalue weighted by atomic mass is 19.1. The summed E-state index contributed by atoms with van der Waals surface area (Å²) in [5.74, 6) is 0.00715. The summed E-state index contributed by atoms with van der Waals surface area (Å²) in [5, 5.41) is 0. The van der Waals surface area contributed by atoms with E-state index in [1.54, 1.807) is 12.1 Å². The summed E-state index contributed by atoms with van der Waals surface area (Å²) in [4.78, 5) is 11.6. The van der Waals surface area contributed by atoms with Crippen molar-refractivity contribution in [2.24, 2.45) is 5.41 Å². The number of ketones is 1. The van der Waals surface area contributed by atoms with E-state index in [4.69, 9.17) is 0 Å². The van der Waals surface area contributed by atoms with Gasteiger partial charge in [0.25, 0.3) is 0 Å². The van der Waals surface area contributed by atoms with Crippen LogP contribution in [-0.4, -0.2) is 5.78 Å². The average Bonchev–Trinajstić information content (AvgIpc) is 2.15. The van der Waals surface area contributed by atoms with Crippen LogP contribution in [0.15, 0.2) is 24.3 Å². The normalized spacial score (nSPS) is 11.5. The van der Waals surface area contributed by atoms with Gasteiger partial charge in [0.05, 0.1) is 0 Å². The van der Waals surface area contributed by atoms with Gasteiger partial charge in [-0.1, -0.05) is 32.9 Å². The quantitative estimate of drug-likeness (QED) is 0.744. The molecule has 0 amide bonds. The Bertz CT molecular complexity index is 333. The van der Waals surface area contributed by atoms with Crippen molar-refractivity contribution >= 4 is 5.78 Å². The van der Waals surface area contributed by atoms with Gasteiger partial charge in [0.1, 0.15) is 11.6 Å². The number of aryl methyl sites for hydroxylation is 1. The van der Waals surface area contributed by atoms with Crippen molar-refractivity contribution in [3.05, 3.63) is 35.6 Å². The van der Waals surface area contributed by atoms with Gasteiger partial charge in [0.2, 0.25) is 0 Å². The maximum absolute atomic E-state index is 12.6. The van der Waals surface area contributed by atoms with Gasteiger partial charge in [0.15, 0.2) is 0 Å². The van der Waals surface area contributed by atoms with Crippen molar-refractivity contribution < 1.29 is 9.18 Å². The third kappa shape index (κ3) is 3.82. The van der Waals surface area contributed by atoms with Crippen LogP contribution >= 0.6 is 0 Å². The van der Waals surface area contributed by atoms with E-state index in [-0.39, 0.29) is 17.0 Å². The molecule has 0 saturated carbocycles. The number of rotatable bonds is 3. The molecule has 0 radical (unpaired) electrons. The summed E-state index contributed by atoms with van der Waals surface area (Å²) in [7, 11) is 0. The lowest BCUT2D eigenvalue weighted by molar-refractivity contribution is -0.126. The molecule has 0 atom stereocenters. The third-order valence-corrected chi connectivity index (χ3v) is 2.39. The number of hydrogen-bond donors (Lipinski definition) is 0. The van der Waals surface area contributed by atoms with Gasteiger partial charge in [-0.25, -0.2) is 4.39 Å². The second kappa shape index (κ2) is 4.56. The number of carbonyl (C=O) groups excluding carboxylic acids is 1. The summed E-state index contributed by atoms with van der Waals surface area (Å²) in [6.45, 7) is 5.75. The molecule has 1 rings (SSSR count). The van der Waals surface area contributed by atoms with Crippen LogP contribution < -0.4 is 0 Å². The van der Waals surface area contributed by atoms with E-state index in [9.17, 15) is 9.18 Å². The van der Waals surface area contributed by atoms with Crippen LogP contribution in [0.1, 0.15) is 32.8 Å². The minimum absolute atomic E-state index is 0.235. The molecule has 0 aliphatic rings. The van der Waals surface area contributed by atoms with Crippen LogP contribution in [0, 0.1) is 11.2 Å². The lowest BCUT2D eigenvalue weighted by Crippen LogP contribution is -2.20. The zero-order chi connectivity index (χ0) is 11.5. The van der Waals surface area contributed by atoms with Gasteiger partial charge in [0, 0.05) is 11.8 Å². The Labute approximate surface area is 90.3 Å². The summed E-state index contributed by atoms with van der Waals surface area (Å²) in [5.41, 5.74) is 0.731. The van der Waals surface area contributed by atoms with E-state index in [0.717, 1.165) is 5.56 Å². The lowest BCUT2D eigenvalue weighted by atomic mass is 9.87. The summed E-state index contributed by atoms with van der Waals surface area (Å²) >= 11 is 0. The van der Waals surface area contributed by atoms with E-state index < -0.39 is 0 Å². The van der Waals surface area contributed by atoms with Crippen LogP contribution in [0.3, 0.4) is 0 Å². The first kappa shape index (κ1) is 11.9. The van der Waals surface area contributed by atoms with Crippen LogP contribution in [0.4, 0.5) is 4.39 Å². The zero-order valence-electron chi connectivity index (χ0n) is 9.51. The maximum Gasteiger partial charge on any atom is 0.138 e. The Morgan fingerprint density at radius 2 is 1.73 bits per heavy atom. The Hall–Kier alpha value is -1.18. The highest BCUT2D eigenvalue weighted by Crippen LogP contribution is 2.18. The summed E-state index contributed by atoms with van der Waals surface area (Å²) < 4.78 is 12.6. The highest BCUT2D eigenvalue weighted by molar-refractivity contribution is 5.83. The maximum atomic E-state index is 12.6. The molecule has 0 unspecified atom stereocenters. The molecule has 0 fully saturated rings. The Kier molecular flexibility index (Phi) is 3.61. The molecule has 1 aromatic rings. The Balaban J connectivity index is 2.51. The van der Waals surface area contributed by atoms with Crippen molar-refractivity contribution in [3.8, 4) is 0 Å². The van der Waals surface area contributed by atoms with E-state index >= 15 is 0 Å². The largest absolute Gasteiger partial charge is 0.299 e. The van der Waals surface area contributed by atoms with Gasteiger partial charge in [-0.05, 0) is 24.1 Å². The smallest absolute Gasteiger partial charge is 0.138 e. The number of halogens is 1. The minimum Gasteiger partial charge on any atom is -0.299 e.